The first-order valence-electron chi connectivity index (χ1n) is 5.06. The van der Waals surface area contributed by atoms with Gasteiger partial charge in [0.1, 0.15) is 5.82 Å². The van der Waals surface area contributed by atoms with Crippen LogP contribution in [0.3, 0.4) is 0 Å². The predicted molar refractivity (Wildman–Crippen MR) is 59.4 cm³/mol. The Labute approximate surface area is 85.5 Å². The molecular weight excluding hydrogens is 177 g/mol. The lowest BCUT2D eigenvalue weighted by Gasteiger charge is -2.22. The minimum Gasteiger partial charge on any atom is -0.375 e. The number of nitrogens with zero attached hydrogens (tertiary/aromatic N) is 1. The molecule has 0 amide bonds. The molecule has 1 nitrogen and oxygen atoms in total. The molecule has 0 heterocycles. The van der Waals surface area contributed by atoms with E-state index in [1.807, 2.05) is 13.1 Å². The predicted octanol–water partition coefficient (Wildman–Crippen LogP) is 3.41. The molecule has 0 aromatic heterocycles. The van der Waals surface area contributed by atoms with Gasteiger partial charge in [-0.25, -0.2) is 4.39 Å². The first kappa shape index (κ1) is 11.0. The highest BCUT2D eigenvalue weighted by atomic mass is 19.1. The Bertz CT molecular complexity index is 307. The van der Waals surface area contributed by atoms with Crippen molar-refractivity contribution in [1.29, 1.82) is 0 Å². The molecule has 2 heteroatoms. The first-order valence-corrected chi connectivity index (χ1v) is 5.06. The Morgan fingerprint density at radius 1 is 1.36 bits per heavy atom. The Morgan fingerprint density at radius 3 is 2.50 bits per heavy atom. The Morgan fingerprint density at radius 2 is 2.00 bits per heavy atom. The molecular formula is C12H18FN. The molecule has 78 valence electrons. The van der Waals surface area contributed by atoms with Gasteiger partial charge in [-0.3, -0.25) is 0 Å². The summed E-state index contributed by atoms with van der Waals surface area (Å²) in [6, 6.07) is 5.02. The first-order chi connectivity index (χ1) is 6.56. The maximum Gasteiger partial charge on any atom is 0.125 e. The Balaban J connectivity index is 3.15. The molecule has 0 fully saturated rings. The molecule has 1 rings (SSSR count). The molecule has 0 saturated heterocycles. The minimum absolute atomic E-state index is 0.162. The highest BCUT2D eigenvalue weighted by molar-refractivity contribution is 5.54. The van der Waals surface area contributed by atoms with E-state index in [1.165, 1.54) is 11.6 Å². The maximum atomic E-state index is 13.1. The van der Waals surface area contributed by atoms with Crippen LogP contribution in [0.1, 0.15) is 32.3 Å². The van der Waals surface area contributed by atoms with Crippen molar-refractivity contribution in [2.24, 2.45) is 0 Å². The van der Waals surface area contributed by atoms with E-state index in [0.717, 1.165) is 12.2 Å². The number of benzene rings is 1. The second-order valence-corrected chi connectivity index (χ2v) is 3.87. The lowest BCUT2D eigenvalue weighted by molar-refractivity contribution is 0.625. The Kier molecular flexibility index (Phi) is 3.50. The smallest absolute Gasteiger partial charge is 0.125 e. The molecule has 0 atom stereocenters. The standard InChI is InChI=1S/C12H18FN/c1-5-14(4)12-8-10(13)6-7-11(12)9(2)3/h6-9H,5H2,1-4H3. The van der Waals surface area contributed by atoms with Crippen LogP contribution < -0.4 is 4.90 Å². The summed E-state index contributed by atoms with van der Waals surface area (Å²) in [7, 11) is 1.99. The summed E-state index contributed by atoms with van der Waals surface area (Å²) >= 11 is 0. The average molecular weight is 195 g/mol. The van der Waals surface area contributed by atoms with Crippen LogP contribution in [0.4, 0.5) is 10.1 Å². The lowest BCUT2D eigenvalue weighted by Crippen LogP contribution is -2.18. The van der Waals surface area contributed by atoms with E-state index in [2.05, 4.69) is 25.7 Å². The SMILES string of the molecule is CCN(C)c1cc(F)ccc1C(C)C. The lowest BCUT2D eigenvalue weighted by atomic mass is 10.0. The zero-order valence-electron chi connectivity index (χ0n) is 9.34. The van der Waals surface area contributed by atoms with E-state index in [4.69, 9.17) is 0 Å². The average Bonchev–Trinajstić information content (AvgIpc) is 2.16. The molecule has 0 bridgehead atoms. The molecule has 0 spiro atoms. The number of rotatable bonds is 3. The molecule has 14 heavy (non-hydrogen) atoms. The fourth-order valence-electron chi connectivity index (χ4n) is 1.51. The van der Waals surface area contributed by atoms with Crippen molar-refractivity contribution >= 4 is 5.69 Å². The molecule has 0 aliphatic rings. The van der Waals surface area contributed by atoms with E-state index < -0.39 is 0 Å². The number of hydrogen-bond acceptors (Lipinski definition) is 1. The molecule has 0 aliphatic heterocycles. The van der Waals surface area contributed by atoms with Gasteiger partial charge in [-0.15, -0.1) is 0 Å². The van der Waals surface area contributed by atoms with Gasteiger partial charge in [-0.2, -0.15) is 0 Å². The van der Waals surface area contributed by atoms with Crippen LogP contribution in [0.15, 0.2) is 18.2 Å². The summed E-state index contributed by atoms with van der Waals surface area (Å²) in [6.07, 6.45) is 0. The fraction of sp³-hybridized carbons (Fsp3) is 0.500. The van der Waals surface area contributed by atoms with Gasteiger partial charge in [0.15, 0.2) is 0 Å². The molecule has 0 N–H and O–H groups in total. The number of anilines is 1. The van der Waals surface area contributed by atoms with Gasteiger partial charge in [0.2, 0.25) is 0 Å². The second kappa shape index (κ2) is 4.45. The zero-order chi connectivity index (χ0) is 10.7. The van der Waals surface area contributed by atoms with Crippen molar-refractivity contribution < 1.29 is 4.39 Å². The number of halogens is 1. The summed E-state index contributed by atoms with van der Waals surface area (Å²) in [5.74, 6) is 0.268. The highest BCUT2D eigenvalue weighted by Crippen LogP contribution is 2.27. The van der Waals surface area contributed by atoms with E-state index in [1.54, 1.807) is 6.07 Å². The molecule has 0 aliphatic carbocycles. The monoisotopic (exact) mass is 195 g/mol. The van der Waals surface area contributed by atoms with Crippen LogP contribution in [0, 0.1) is 5.82 Å². The largest absolute Gasteiger partial charge is 0.375 e. The van der Waals surface area contributed by atoms with Gasteiger partial charge in [-0.05, 0) is 30.5 Å². The van der Waals surface area contributed by atoms with E-state index in [-0.39, 0.29) is 5.82 Å². The molecule has 0 unspecified atom stereocenters. The summed E-state index contributed by atoms with van der Waals surface area (Å²) in [6.45, 7) is 7.21. The van der Waals surface area contributed by atoms with E-state index in [9.17, 15) is 4.39 Å². The van der Waals surface area contributed by atoms with Crippen molar-refractivity contribution in [1.82, 2.24) is 0 Å². The summed E-state index contributed by atoms with van der Waals surface area (Å²) in [4.78, 5) is 2.07. The molecule has 1 aromatic rings. The van der Waals surface area contributed by atoms with Gasteiger partial charge in [0, 0.05) is 19.3 Å². The van der Waals surface area contributed by atoms with Gasteiger partial charge < -0.3 is 4.90 Å². The van der Waals surface area contributed by atoms with Crippen LogP contribution in [0.25, 0.3) is 0 Å². The van der Waals surface area contributed by atoms with Crippen molar-refractivity contribution in [3.63, 3.8) is 0 Å². The van der Waals surface area contributed by atoms with Gasteiger partial charge in [-0.1, -0.05) is 19.9 Å². The minimum atomic E-state index is -0.162. The molecule has 0 radical (unpaired) electrons. The van der Waals surface area contributed by atoms with Crippen LogP contribution in [0.2, 0.25) is 0 Å². The summed E-state index contributed by atoms with van der Waals surface area (Å²) in [5.41, 5.74) is 2.21. The highest BCUT2D eigenvalue weighted by Gasteiger charge is 2.10. The fourth-order valence-corrected chi connectivity index (χ4v) is 1.51. The summed E-state index contributed by atoms with van der Waals surface area (Å²) < 4.78 is 13.1. The quantitative estimate of drug-likeness (QED) is 0.714. The third-order valence-corrected chi connectivity index (χ3v) is 2.50. The van der Waals surface area contributed by atoms with Crippen molar-refractivity contribution in [3.8, 4) is 0 Å². The summed E-state index contributed by atoms with van der Waals surface area (Å²) in [5, 5.41) is 0. The van der Waals surface area contributed by atoms with Crippen LogP contribution in [-0.2, 0) is 0 Å². The molecule has 1 aromatic carbocycles. The Hall–Kier alpha value is -1.05. The molecule has 0 saturated carbocycles. The van der Waals surface area contributed by atoms with E-state index >= 15 is 0 Å². The van der Waals surface area contributed by atoms with Crippen molar-refractivity contribution in [2.75, 3.05) is 18.5 Å². The third-order valence-electron chi connectivity index (χ3n) is 2.50. The van der Waals surface area contributed by atoms with Gasteiger partial charge in [0.05, 0.1) is 0 Å². The van der Waals surface area contributed by atoms with E-state index in [0.29, 0.717) is 5.92 Å². The second-order valence-electron chi connectivity index (χ2n) is 3.87. The normalized spacial score (nSPS) is 10.7. The van der Waals surface area contributed by atoms with Gasteiger partial charge in [0.25, 0.3) is 0 Å². The van der Waals surface area contributed by atoms with Crippen LogP contribution in [-0.4, -0.2) is 13.6 Å². The van der Waals surface area contributed by atoms with Crippen LogP contribution in [0.5, 0.6) is 0 Å². The van der Waals surface area contributed by atoms with Crippen molar-refractivity contribution in [2.45, 2.75) is 26.7 Å². The third kappa shape index (κ3) is 2.25. The van der Waals surface area contributed by atoms with Gasteiger partial charge >= 0.3 is 0 Å². The van der Waals surface area contributed by atoms with Crippen molar-refractivity contribution in [3.05, 3.63) is 29.6 Å². The topological polar surface area (TPSA) is 3.24 Å². The zero-order valence-corrected chi connectivity index (χ0v) is 9.34. The maximum absolute atomic E-state index is 13.1. The van der Waals surface area contributed by atoms with Crippen LogP contribution >= 0.6 is 0 Å². The number of hydrogen-bond donors (Lipinski definition) is 0.